The van der Waals surface area contributed by atoms with Crippen LogP contribution in [0.15, 0.2) is 12.4 Å². The van der Waals surface area contributed by atoms with E-state index < -0.39 is 11.9 Å². The van der Waals surface area contributed by atoms with Crippen molar-refractivity contribution in [1.82, 2.24) is 14.9 Å². The fourth-order valence-corrected chi connectivity index (χ4v) is 4.11. The summed E-state index contributed by atoms with van der Waals surface area (Å²) in [6, 6.07) is 0.309. The van der Waals surface area contributed by atoms with Crippen molar-refractivity contribution in [3.8, 4) is 5.88 Å². The van der Waals surface area contributed by atoms with E-state index >= 15 is 0 Å². The largest absolute Gasteiger partial charge is 0.475 e. The third-order valence-corrected chi connectivity index (χ3v) is 5.35. The van der Waals surface area contributed by atoms with Gasteiger partial charge in [0.05, 0.1) is 12.4 Å². The van der Waals surface area contributed by atoms with Crippen LogP contribution in [-0.2, 0) is 6.18 Å². The fourth-order valence-electron chi connectivity index (χ4n) is 4.11. The van der Waals surface area contributed by atoms with Crippen LogP contribution >= 0.6 is 0 Å². The molecule has 2 aliphatic rings. The molecule has 0 N–H and O–H groups in total. The smallest absolute Gasteiger partial charge is 0.434 e. The zero-order valence-electron chi connectivity index (χ0n) is 13.4. The second kappa shape index (κ2) is 5.92. The Morgan fingerprint density at radius 1 is 1.30 bits per heavy atom. The van der Waals surface area contributed by atoms with Crippen LogP contribution in [0.4, 0.5) is 13.2 Å². The Kier molecular flexibility index (Phi) is 4.25. The first-order valence-electron chi connectivity index (χ1n) is 8.12. The second-order valence-electron chi connectivity index (χ2n) is 6.80. The summed E-state index contributed by atoms with van der Waals surface area (Å²) in [4.78, 5) is 9.64. The lowest BCUT2D eigenvalue weighted by atomic mass is 9.83. The molecule has 2 unspecified atom stereocenters. The monoisotopic (exact) mass is 329 g/mol. The topological polar surface area (TPSA) is 38.2 Å². The number of fused-ring (bicyclic) bond motifs is 1. The van der Waals surface area contributed by atoms with E-state index in [0.29, 0.717) is 18.6 Å². The van der Waals surface area contributed by atoms with Gasteiger partial charge in [-0.2, -0.15) is 13.2 Å². The number of hydrogen-bond donors (Lipinski definition) is 0. The zero-order valence-corrected chi connectivity index (χ0v) is 13.4. The lowest BCUT2D eigenvalue weighted by molar-refractivity contribution is -0.141. The maximum atomic E-state index is 12.5. The summed E-state index contributed by atoms with van der Waals surface area (Å²) in [6.45, 7) is 6.06. The summed E-state index contributed by atoms with van der Waals surface area (Å²) < 4.78 is 43.0. The molecule has 7 heteroatoms. The molecule has 0 aromatic carbocycles. The maximum absolute atomic E-state index is 12.5. The van der Waals surface area contributed by atoms with Crippen molar-refractivity contribution in [3.63, 3.8) is 0 Å². The minimum Gasteiger partial charge on any atom is -0.475 e. The molecule has 0 amide bonds. The predicted molar refractivity (Wildman–Crippen MR) is 79.1 cm³/mol. The highest BCUT2D eigenvalue weighted by Crippen LogP contribution is 2.46. The summed E-state index contributed by atoms with van der Waals surface area (Å²) in [7, 11) is 0. The van der Waals surface area contributed by atoms with Crippen LogP contribution < -0.4 is 4.74 Å². The van der Waals surface area contributed by atoms with Gasteiger partial charge in [-0.3, -0.25) is 4.90 Å². The Balaban J connectivity index is 1.61. The van der Waals surface area contributed by atoms with E-state index in [4.69, 9.17) is 4.74 Å². The fraction of sp³-hybridized carbons (Fsp3) is 0.750. The van der Waals surface area contributed by atoms with Gasteiger partial charge in [0, 0.05) is 11.6 Å². The Hall–Kier alpha value is -1.37. The van der Waals surface area contributed by atoms with Crippen LogP contribution in [0.3, 0.4) is 0 Å². The van der Waals surface area contributed by atoms with Gasteiger partial charge in [-0.15, -0.1) is 0 Å². The third-order valence-electron chi connectivity index (χ3n) is 5.35. The number of nitrogens with zero attached hydrogens (tertiary/aromatic N) is 3. The summed E-state index contributed by atoms with van der Waals surface area (Å²) in [5.41, 5.74) is -0.719. The number of halogens is 3. The molecule has 2 aliphatic heterocycles. The molecule has 0 radical (unpaired) electrons. The van der Waals surface area contributed by atoms with E-state index in [0.717, 1.165) is 31.8 Å². The first kappa shape index (κ1) is 16.5. The molecule has 1 aromatic rings. The van der Waals surface area contributed by atoms with Crippen molar-refractivity contribution in [1.29, 1.82) is 0 Å². The maximum Gasteiger partial charge on any atom is 0.434 e. The van der Waals surface area contributed by atoms with Crippen LogP contribution in [0, 0.1) is 5.92 Å². The molecule has 0 spiro atoms. The number of alkyl halides is 3. The lowest BCUT2D eigenvalue weighted by Gasteiger charge is -2.38. The summed E-state index contributed by atoms with van der Waals surface area (Å²) in [6.07, 6.45) is 1.96. The normalized spacial score (nSPS) is 28.3. The van der Waals surface area contributed by atoms with Crippen molar-refractivity contribution >= 4 is 0 Å². The Labute approximate surface area is 134 Å². The molecular formula is C16H22F3N3O. The highest BCUT2D eigenvalue weighted by molar-refractivity contribution is 5.11. The molecule has 1 aromatic heterocycles. The Morgan fingerprint density at radius 2 is 2.09 bits per heavy atom. The summed E-state index contributed by atoms with van der Waals surface area (Å²) >= 11 is 0. The molecule has 128 valence electrons. The molecule has 0 saturated carbocycles. The Bertz CT molecular complexity index is 546. The molecule has 3 heterocycles. The van der Waals surface area contributed by atoms with Gasteiger partial charge in [0.2, 0.25) is 5.88 Å². The number of rotatable bonds is 4. The van der Waals surface area contributed by atoms with Gasteiger partial charge in [0.15, 0.2) is 5.69 Å². The van der Waals surface area contributed by atoms with E-state index in [1.165, 1.54) is 12.8 Å². The summed E-state index contributed by atoms with van der Waals surface area (Å²) in [5, 5.41) is 0. The van der Waals surface area contributed by atoms with Crippen molar-refractivity contribution in [3.05, 3.63) is 18.1 Å². The molecule has 3 rings (SSSR count). The van der Waals surface area contributed by atoms with Crippen molar-refractivity contribution in [2.75, 3.05) is 13.2 Å². The van der Waals surface area contributed by atoms with Gasteiger partial charge in [0.25, 0.3) is 0 Å². The van der Waals surface area contributed by atoms with Gasteiger partial charge >= 0.3 is 6.18 Å². The molecule has 2 atom stereocenters. The van der Waals surface area contributed by atoms with Crippen LogP contribution in [0.5, 0.6) is 5.88 Å². The number of hydrogen-bond acceptors (Lipinski definition) is 4. The van der Waals surface area contributed by atoms with E-state index in [1.807, 2.05) is 0 Å². The zero-order chi connectivity index (χ0) is 16.7. The van der Waals surface area contributed by atoms with E-state index in [2.05, 4.69) is 28.7 Å². The predicted octanol–water partition coefficient (Wildman–Crippen LogP) is 3.53. The highest BCUT2D eigenvalue weighted by atomic mass is 19.4. The second-order valence-corrected chi connectivity index (χ2v) is 6.80. The molecule has 0 aliphatic carbocycles. The average Bonchev–Trinajstić information content (AvgIpc) is 3.05. The molecule has 0 bridgehead atoms. The first-order valence-corrected chi connectivity index (χ1v) is 8.12. The lowest BCUT2D eigenvalue weighted by Crippen LogP contribution is -2.47. The van der Waals surface area contributed by atoms with E-state index in [-0.39, 0.29) is 11.4 Å². The van der Waals surface area contributed by atoms with Crippen LogP contribution in [0.1, 0.15) is 45.2 Å². The van der Waals surface area contributed by atoms with Gasteiger partial charge in [-0.1, -0.05) is 13.8 Å². The number of aromatic nitrogens is 2. The number of ether oxygens (including phenoxy) is 1. The van der Waals surface area contributed by atoms with E-state index in [1.54, 1.807) is 0 Å². The quantitative estimate of drug-likeness (QED) is 0.847. The molecule has 23 heavy (non-hydrogen) atoms. The Morgan fingerprint density at radius 3 is 2.70 bits per heavy atom. The van der Waals surface area contributed by atoms with Crippen molar-refractivity contribution < 1.29 is 17.9 Å². The van der Waals surface area contributed by atoms with Crippen LogP contribution in [-0.4, -0.2) is 39.6 Å². The van der Waals surface area contributed by atoms with Gasteiger partial charge < -0.3 is 4.74 Å². The molecule has 4 nitrogen and oxygen atoms in total. The minimum absolute atomic E-state index is 0.152. The van der Waals surface area contributed by atoms with Crippen molar-refractivity contribution in [2.45, 2.75) is 57.3 Å². The molecular weight excluding hydrogens is 307 g/mol. The van der Waals surface area contributed by atoms with Gasteiger partial charge in [0.1, 0.15) is 6.61 Å². The third kappa shape index (κ3) is 3.03. The van der Waals surface area contributed by atoms with Crippen molar-refractivity contribution in [2.24, 2.45) is 5.92 Å². The highest BCUT2D eigenvalue weighted by Gasteiger charge is 2.50. The average molecular weight is 329 g/mol. The standard InChI is InChI=1S/C16H22F3N3O/c1-11(2)15-5-3-7-22(15)12(4-6-15)10-23-14-9-20-13(8-21-14)16(17,18)19/h8-9,11-12H,3-7,10H2,1-2H3. The SMILES string of the molecule is CC(C)C12CCCN1C(COc1cnc(C(F)(F)F)cn1)CC2. The van der Waals surface area contributed by atoms with Crippen LogP contribution in [0.25, 0.3) is 0 Å². The molecule has 2 fully saturated rings. The molecule has 2 saturated heterocycles. The van der Waals surface area contributed by atoms with E-state index in [9.17, 15) is 13.2 Å². The van der Waals surface area contributed by atoms with Crippen LogP contribution in [0.2, 0.25) is 0 Å². The minimum atomic E-state index is -4.47. The van der Waals surface area contributed by atoms with Gasteiger partial charge in [-0.25, -0.2) is 9.97 Å². The summed E-state index contributed by atoms with van der Waals surface area (Å²) in [5.74, 6) is 0.750. The first-order chi connectivity index (χ1) is 10.8. The van der Waals surface area contributed by atoms with Gasteiger partial charge in [-0.05, 0) is 38.1 Å².